The molecular weight excluding hydrogens is 468 g/mol. The summed E-state index contributed by atoms with van der Waals surface area (Å²) >= 11 is 6.26. The topological polar surface area (TPSA) is 91.9 Å². The molecule has 2 aliphatic heterocycles. The van der Waals surface area contributed by atoms with Gasteiger partial charge in [-0.3, -0.25) is 4.79 Å². The summed E-state index contributed by atoms with van der Waals surface area (Å²) in [5, 5.41) is 9.90. The number of ether oxygens (including phenoxy) is 2. The van der Waals surface area contributed by atoms with Crippen molar-refractivity contribution in [1.82, 2.24) is 20.9 Å². The third-order valence-electron chi connectivity index (χ3n) is 6.86. The summed E-state index contributed by atoms with van der Waals surface area (Å²) in [4.78, 5) is 27.3. The van der Waals surface area contributed by atoms with Crippen LogP contribution in [-0.2, 0) is 14.3 Å². The number of amides is 3. The van der Waals surface area contributed by atoms with Crippen molar-refractivity contribution in [2.75, 3.05) is 53.0 Å². The highest BCUT2D eigenvalue weighted by Gasteiger charge is 2.32. The van der Waals surface area contributed by atoms with Gasteiger partial charge in [0.25, 0.3) is 0 Å². The van der Waals surface area contributed by atoms with Crippen LogP contribution in [0, 0.1) is 11.8 Å². The highest BCUT2D eigenvalue weighted by Crippen LogP contribution is 2.34. The van der Waals surface area contributed by atoms with Gasteiger partial charge in [-0.05, 0) is 69.7 Å². The number of carbonyl (C=O) groups is 2. The standard InChI is InChI=1S/C26H41ClN4O4/c1-3-29-24(32)18-35-25(20-6-4-8-22(27)15-20)21-7-5-11-31(17-21)26(33)30-23(16-28-2)14-19-9-12-34-13-10-19/h4,6,8,15,19,21,23,25,28H,3,5,7,9-14,16-18H2,1-2H3,(H,29,32)(H,30,33)/t21-,23+,25+/m1/s1. The molecule has 3 N–H and O–H groups in total. The van der Waals surface area contributed by atoms with Crippen molar-refractivity contribution in [3.63, 3.8) is 0 Å². The summed E-state index contributed by atoms with van der Waals surface area (Å²) in [6, 6.07) is 7.63. The van der Waals surface area contributed by atoms with Crippen LogP contribution in [-0.4, -0.2) is 75.9 Å². The van der Waals surface area contributed by atoms with E-state index in [2.05, 4.69) is 16.0 Å². The van der Waals surface area contributed by atoms with Crippen molar-refractivity contribution in [3.8, 4) is 0 Å². The second-order valence-electron chi connectivity index (χ2n) is 9.58. The van der Waals surface area contributed by atoms with Crippen LogP contribution in [0.4, 0.5) is 4.79 Å². The predicted molar refractivity (Wildman–Crippen MR) is 138 cm³/mol. The zero-order valence-corrected chi connectivity index (χ0v) is 21.8. The van der Waals surface area contributed by atoms with Gasteiger partial charge in [0.2, 0.25) is 5.91 Å². The molecule has 3 rings (SSSR count). The summed E-state index contributed by atoms with van der Waals surface area (Å²) in [6.45, 7) is 6.05. The number of likely N-dealkylation sites (tertiary alicyclic amines) is 1. The van der Waals surface area contributed by atoms with Crippen molar-refractivity contribution in [3.05, 3.63) is 34.9 Å². The third-order valence-corrected chi connectivity index (χ3v) is 7.09. The second kappa shape index (κ2) is 14.6. The largest absolute Gasteiger partial charge is 0.381 e. The smallest absolute Gasteiger partial charge is 0.317 e. The van der Waals surface area contributed by atoms with E-state index in [9.17, 15) is 9.59 Å². The summed E-state index contributed by atoms with van der Waals surface area (Å²) in [5.41, 5.74) is 0.932. The van der Waals surface area contributed by atoms with E-state index in [1.54, 1.807) is 0 Å². The van der Waals surface area contributed by atoms with Crippen LogP contribution < -0.4 is 16.0 Å². The summed E-state index contributed by atoms with van der Waals surface area (Å²) in [5.74, 6) is 0.500. The highest BCUT2D eigenvalue weighted by atomic mass is 35.5. The van der Waals surface area contributed by atoms with Crippen LogP contribution in [0.3, 0.4) is 0 Å². The van der Waals surface area contributed by atoms with E-state index in [-0.39, 0.29) is 36.6 Å². The van der Waals surface area contributed by atoms with E-state index in [1.165, 1.54) is 0 Å². The Bertz CT molecular complexity index is 805. The molecule has 1 aromatic carbocycles. The van der Waals surface area contributed by atoms with Gasteiger partial charge in [-0.1, -0.05) is 23.7 Å². The van der Waals surface area contributed by atoms with Gasteiger partial charge in [0, 0.05) is 56.4 Å². The van der Waals surface area contributed by atoms with Gasteiger partial charge in [0.05, 0.1) is 6.10 Å². The minimum absolute atomic E-state index is 0.0247. The number of urea groups is 1. The van der Waals surface area contributed by atoms with Gasteiger partial charge in [0.1, 0.15) is 6.61 Å². The van der Waals surface area contributed by atoms with E-state index in [1.807, 2.05) is 43.1 Å². The molecule has 3 atom stereocenters. The molecule has 196 valence electrons. The first-order valence-electron chi connectivity index (χ1n) is 12.9. The maximum atomic E-state index is 13.3. The summed E-state index contributed by atoms with van der Waals surface area (Å²) in [6.07, 6.45) is 4.53. The fraction of sp³-hybridized carbons (Fsp3) is 0.692. The number of carbonyl (C=O) groups excluding carboxylic acids is 2. The Morgan fingerprint density at radius 1 is 1.26 bits per heavy atom. The van der Waals surface area contributed by atoms with Crippen LogP contribution in [0.25, 0.3) is 0 Å². The molecule has 0 aromatic heterocycles. The van der Waals surface area contributed by atoms with E-state index in [0.29, 0.717) is 30.6 Å². The first kappa shape index (κ1) is 27.7. The maximum Gasteiger partial charge on any atom is 0.317 e. The zero-order chi connectivity index (χ0) is 25.0. The number of hydrogen-bond acceptors (Lipinski definition) is 5. The van der Waals surface area contributed by atoms with Crippen LogP contribution in [0.2, 0.25) is 5.02 Å². The lowest BCUT2D eigenvalue weighted by molar-refractivity contribution is -0.129. The molecule has 0 bridgehead atoms. The fourth-order valence-electron chi connectivity index (χ4n) is 5.13. The number of nitrogens with zero attached hydrogens (tertiary/aromatic N) is 1. The van der Waals surface area contributed by atoms with E-state index >= 15 is 0 Å². The molecule has 1 aromatic rings. The van der Waals surface area contributed by atoms with E-state index in [0.717, 1.165) is 57.4 Å². The molecule has 9 heteroatoms. The van der Waals surface area contributed by atoms with Gasteiger partial charge < -0.3 is 30.3 Å². The van der Waals surface area contributed by atoms with Gasteiger partial charge in [-0.25, -0.2) is 4.79 Å². The van der Waals surface area contributed by atoms with Gasteiger partial charge in [-0.2, -0.15) is 0 Å². The van der Waals surface area contributed by atoms with Gasteiger partial charge in [0.15, 0.2) is 0 Å². The number of rotatable bonds is 11. The number of nitrogens with one attached hydrogen (secondary N) is 3. The molecule has 3 amide bonds. The molecule has 2 aliphatic rings. The molecule has 0 saturated carbocycles. The number of piperidine rings is 1. The zero-order valence-electron chi connectivity index (χ0n) is 21.1. The Morgan fingerprint density at radius 2 is 2.06 bits per heavy atom. The van der Waals surface area contributed by atoms with E-state index in [4.69, 9.17) is 21.1 Å². The van der Waals surface area contributed by atoms with Crippen LogP contribution in [0.5, 0.6) is 0 Å². The minimum atomic E-state index is -0.317. The Morgan fingerprint density at radius 3 is 2.77 bits per heavy atom. The van der Waals surface area contributed by atoms with Crippen LogP contribution >= 0.6 is 11.6 Å². The van der Waals surface area contributed by atoms with Crippen LogP contribution in [0.15, 0.2) is 24.3 Å². The molecule has 8 nitrogen and oxygen atoms in total. The first-order valence-corrected chi connectivity index (χ1v) is 13.3. The van der Waals surface area contributed by atoms with Gasteiger partial charge in [-0.15, -0.1) is 0 Å². The Kier molecular flexibility index (Phi) is 11.6. The Hall–Kier alpha value is -1.87. The minimum Gasteiger partial charge on any atom is -0.381 e. The van der Waals surface area contributed by atoms with Crippen LogP contribution in [0.1, 0.15) is 50.7 Å². The number of likely N-dealkylation sites (N-methyl/N-ethyl adjacent to an activating group) is 2. The van der Waals surface area contributed by atoms with Crippen molar-refractivity contribution >= 4 is 23.5 Å². The molecule has 0 aliphatic carbocycles. The maximum absolute atomic E-state index is 13.3. The average molecular weight is 509 g/mol. The van der Waals surface area contributed by atoms with Crippen molar-refractivity contribution in [2.45, 2.75) is 51.2 Å². The lowest BCUT2D eigenvalue weighted by atomic mass is 9.88. The molecule has 0 unspecified atom stereocenters. The molecule has 0 radical (unpaired) electrons. The van der Waals surface area contributed by atoms with Crippen molar-refractivity contribution in [2.24, 2.45) is 11.8 Å². The molecule has 2 heterocycles. The summed E-state index contributed by atoms with van der Waals surface area (Å²) < 4.78 is 11.6. The monoisotopic (exact) mass is 508 g/mol. The lowest BCUT2D eigenvalue weighted by Crippen LogP contribution is -2.52. The highest BCUT2D eigenvalue weighted by molar-refractivity contribution is 6.30. The average Bonchev–Trinajstić information content (AvgIpc) is 2.85. The molecule has 35 heavy (non-hydrogen) atoms. The normalized spacial score (nSPS) is 20.8. The van der Waals surface area contributed by atoms with Crippen molar-refractivity contribution in [1.29, 1.82) is 0 Å². The SMILES string of the molecule is CCNC(=O)CO[C@@H](c1cccc(Cl)c1)[C@@H]1CCCN(C(=O)N[C@H](CNC)CC2CCOCC2)C1. The van der Waals surface area contributed by atoms with Gasteiger partial charge >= 0.3 is 6.03 Å². The number of benzene rings is 1. The molecular formula is C26H41ClN4O4. The molecule has 0 spiro atoms. The van der Waals surface area contributed by atoms with Crippen molar-refractivity contribution < 1.29 is 19.1 Å². The summed E-state index contributed by atoms with van der Waals surface area (Å²) in [7, 11) is 1.92. The Labute approximate surface area is 214 Å². The Balaban J connectivity index is 1.64. The number of hydrogen-bond donors (Lipinski definition) is 3. The third kappa shape index (κ3) is 8.94. The van der Waals surface area contributed by atoms with E-state index < -0.39 is 0 Å². The quantitative estimate of drug-likeness (QED) is 0.426. The first-order chi connectivity index (χ1) is 17.0. The fourth-order valence-corrected chi connectivity index (χ4v) is 5.33. The second-order valence-corrected chi connectivity index (χ2v) is 10.0. The predicted octanol–water partition coefficient (Wildman–Crippen LogP) is 3.36. The molecule has 2 saturated heterocycles. The molecule has 2 fully saturated rings. The lowest BCUT2D eigenvalue weighted by Gasteiger charge is -2.38. The number of halogens is 1.